The highest BCUT2D eigenvalue weighted by atomic mass is 32.2. The molecule has 1 saturated heterocycles. The molecule has 1 aliphatic heterocycles. The molecule has 2 rings (SSSR count). The highest BCUT2D eigenvalue weighted by molar-refractivity contribution is 8.18. The Bertz CT molecular complexity index is 796. The maximum Gasteiger partial charge on any atom is 0.326 e. The Morgan fingerprint density at radius 3 is 2.36 bits per heavy atom. The topological polar surface area (TPSA) is 82.1 Å². The van der Waals surface area contributed by atoms with E-state index in [0.29, 0.717) is 30.3 Å². The predicted octanol–water partition coefficient (Wildman–Crippen LogP) is 3.86. The van der Waals surface area contributed by atoms with Gasteiger partial charge in [-0.1, -0.05) is 6.07 Å². The van der Waals surface area contributed by atoms with Crippen LogP contribution >= 0.6 is 11.8 Å². The molecule has 1 aliphatic rings. The zero-order chi connectivity index (χ0) is 20.9. The molecule has 2 amide bonds. The van der Waals surface area contributed by atoms with Crippen molar-refractivity contribution < 1.29 is 28.6 Å². The van der Waals surface area contributed by atoms with Gasteiger partial charge < -0.3 is 14.2 Å². The lowest BCUT2D eigenvalue weighted by atomic mass is 10.2. The van der Waals surface area contributed by atoms with Crippen LogP contribution in [0.25, 0.3) is 6.08 Å². The van der Waals surface area contributed by atoms with E-state index in [1.165, 1.54) is 0 Å². The number of ether oxygens (including phenoxy) is 3. The van der Waals surface area contributed by atoms with Crippen molar-refractivity contribution in [3.63, 3.8) is 0 Å². The summed E-state index contributed by atoms with van der Waals surface area (Å²) in [6, 6.07) is 5.27. The maximum atomic E-state index is 12.6. The Balaban J connectivity index is 2.18. The zero-order valence-corrected chi connectivity index (χ0v) is 17.6. The van der Waals surface area contributed by atoms with Crippen molar-refractivity contribution in [2.45, 2.75) is 40.2 Å². The van der Waals surface area contributed by atoms with Crippen LogP contribution in [0.1, 0.15) is 40.2 Å². The third-order valence-electron chi connectivity index (χ3n) is 3.45. The number of esters is 1. The van der Waals surface area contributed by atoms with Gasteiger partial charge in [-0.3, -0.25) is 19.3 Å². The molecule has 0 atom stereocenters. The van der Waals surface area contributed by atoms with Gasteiger partial charge in [0.1, 0.15) is 12.1 Å². The fourth-order valence-corrected chi connectivity index (χ4v) is 3.29. The number of amides is 2. The lowest BCUT2D eigenvalue weighted by Gasteiger charge is -2.21. The molecule has 0 saturated carbocycles. The average Bonchev–Trinajstić information content (AvgIpc) is 2.83. The number of carbonyl (C=O) groups is 3. The molecule has 8 heteroatoms. The Kier molecular flexibility index (Phi) is 7.12. The molecular formula is C20H25NO6S. The van der Waals surface area contributed by atoms with Gasteiger partial charge >= 0.3 is 5.97 Å². The average molecular weight is 407 g/mol. The number of benzene rings is 1. The molecule has 0 N–H and O–H groups in total. The third kappa shape index (κ3) is 5.76. The molecule has 0 bridgehead atoms. The molecule has 0 aromatic heterocycles. The first-order chi connectivity index (χ1) is 13.1. The molecular weight excluding hydrogens is 382 g/mol. The largest absolute Gasteiger partial charge is 0.490 e. The fourth-order valence-electron chi connectivity index (χ4n) is 2.45. The molecule has 0 radical (unpaired) electrons. The Morgan fingerprint density at radius 2 is 1.75 bits per heavy atom. The van der Waals surface area contributed by atoms with Crippen LogP contribution in [0.2, 0.25) is 0 Å². The number of thioether (sulfide) groups is 1. The fraction of sp³-hybridized carbons (Fsp3) is 0.450. The van der Waals surface area contributed by atoms with Crippen LogP contribution in [0.4, 0.5) is 4.79 Å². The number of rotatable bonds is 7. The van der Waals surface area contributed by atoms with E-state index in [-0.39, 0.29) is 4.91 Å². The number of carbonyl (C=O) groups excluding carboxylic acids is 3. The standard InChI is InChI=1S/C20H25NO6S/c1-6-25-14-9-8-13(10-15(14)26-7-2)11-16-18(23)21(19(24)28-16)12-17(22)27-20(3,4)5/h8-11H,6-7,12H2,1-5H3. The van der Waals surface area contributed by atoms with Gasteiger partial charge in [0.25, 0.3) is 11.1 Å². The van der Waals surface area contributed by atoms with Crippen LogP contribution in [0.15, 0.2) is 23.1 Å². The van der Waals surface area contributed by atoms with Crippen molar-refractivity contribution in [1.82, 2.24) is 4.90 Å². The van der Waals surface area contributed by atoms with Crippen molar-refractivity contribution in [2.75, 3.05) is 19.8 Å². The molecule has 0 unspecified atom stereocenters. The monoisotopic (exact) mass is 407 g/mol. The minimum absolute atomic E-state index is 0.236. The van der Waals surface area contributed by atoms with Crippen LogP contribution in [0.3, 0.4) is 0 Å². The van der Waals surface area contributed by atoms with Gasteiger partial charge in [0.15, 0.2) is 11.5 Å². The number of hydrogen-bond donors (Lipinski definition) is 0. The summed E-state index contributed by atoms with van der Waals surface area (Å²) < 4.78 is 16.3. The van der Waals surface area contributed by atoms with E-state index in [2.05, 4.69) is 0 Å². The first kappa shape index (κ1) is 21.8. The number of nitrogens with zero attached hydrogens (tertiary/aromatic N) is 1. The molecule has 28 heavy (non-hydrogen) atoms. The van der Waals surface area contributed by atoms with E-state index in [1.807, 2.05) is 13.8 Å². The van der Waals surface area contributed by atoms with E-state index in [4.69, 9.17) is 14.2 Å². The van der Waals surface area contributed by atoms with Gasteiger partial charge in [-0.05, 0) is 70.2 Å². The molecule has 152 valence electrons. The summed E-state index contributed by atoms with van der Waals surface area (Å²) in [5.74, 6) is 0.0223. The lowest BCUT2D eigenvalue weighted by molar-refractivity contribution is -0.156. The summed E-state index contributed by atoms with van der Waals surface area (Å²) in [6.45, 7) is 9.47. The normalized spacial score (nSPS) is 15.9. The zero-order valence-electron chi connectivity index (χ0n) is 16.7. The van der Waals surface area contributed by atoms with Crippen molar-refractivity contribution in [3.05, 3.63) is 28.7 Å². The van der Waals surface area contributed by atoms with Crippen LogP contribution in [0.5, 0.6) is 11.5 Å². The van der Waals surface area contributed by atoms with E-state index < -0.39 is 29.3 Å². The predicted molar refractivity (Wildman–Crippen MR) is 107 cm³/mol. The molecule has 0 spiro atoms. The van der Waals surface area contributed by atoms with Gasteiger partial charge in [-0.2, -0.15) is 0 Å². The van der Waals surface area contributed by atoms with Crippen LogP contribution in [0, 0.1) is 0 Å². The first-order valence-electron chi connectivity index (χ1n) is 9.01. The smallest absolute Gasteiger partial charge is 0.326 e. The summed E-state index contributed by atoms with van der Waals surface area (Å²) in [5.41, 5.74) is 0.00171. The third-order valence-corrected chi connectivity index (χ3v) is 4.35. The SMILES string of the molecule is CCOc1ccc(C=C2SC(=O)N(CC(=O)OC(C)(C)C)C2=O)cc1OCC. The molecule has 7 nitrogen and oxygen atoms in total. The second-order valence-corrected chi connectivity index (χ2v) is 7.92. The van der Waals surface area contributed by atoms with E-state index in [0.717, 1.165) is 16.7 Å². The number of imide groups is 1. The highest BCUT2D eigenvalue weighted by Crippen LogP contribution is 2.34. The van der Waals surface area contributed by atoms with Gasteiger partial charge in [-0.15, -0.1) is 0 Å². The molecule has 1 aromatic carbocycles. The highest BCUT2D eigenvalue weighted by Gasteiger charge is 2.37. The van der Waals surface area contributed by atoms with E-state index in [1.54, 1.807) is 45.0 Å². The maximum absolute atomic E-state index is 12.6. The summed E-state index contributed by atoms with van der Waals surface area (Å²) in [5, 5.41) is -0.502. The van der Waals surface area contributed by atoms with Gasteiger partial charge in [0.2, 0.25) is 0 Å². The second kappa shape index (κ2) is 9.14. The molecule has 0 aliphatic carbocycles. The first-order valence-corrected chi connectivity index (χ1v) is 9.83. The van der Waals surface area contributed by atoms with E-state index >= 15 is 0 Å². The van der Waals surface area contributed by atoms with Crippen molar-refractivity contribution >= 4 is 35.0 Å². The summed E-state index contributed by atoms with van der Waals surface area (Å²) in [6.07, 6.45) is 1.60. The van der Waals surface area contributed by atoms with Crippen LogP contribution in [-0.4, -0.2) is 47.4 Å². The van der Waals surface area contributed by atoms with Crippen molar-refractivity contribution in [2.24, 2.45) is 0 Å². The van der Waals surface area contributed by atoms with E-state index in [9.17, 15) is 14.4 Å². The summed E-state index contributed by atoms with van der Waals surface area (Å²) >= 11 is 0.789. The van der Waals surface area contributed by atoms with Gasteiger partial charge in [-0.25, -0.2) is 0 Å². The molecule has 1 aromatic rings. The second-order valence-electron chi connectivity index (χ2n) is 6.93. The van der Waals surface area contributed by atoms with Crippen LogP contribution < -0.4 is 9.47 Å². The molecule has 1 fully saturated rings. The van der Waals surface area contributed by atoms with Crippen LogP contribution in [-0.2, 0) is 14.3 Å². The minimum atomic E-state index is -0.688. The molecule has 1 heterocycles. The minimum Gasteiger partial charge on any atom is -0.490 e. The Hall–Kier alpha value is -2.48. The lowest BCUT2D eigenvalue weighted by Crippen LogP contribution is -2.37. The summed E-state index contributed by atoms with van der Waals surface area (Å²) in [7, 11) is 0. The summed E-state index contributed by atoms with van der Waals surface area (Å²) in [4.78, 5) is 37.8. The van der Waals surface area contributed by atoms with Gasteiger partial charge in [0.05, 0.1) is 18.1 Å². The Morgan fingerprint density at radius 1 is 1.11 bits per heavy atom. The van der Waals surface area contributed by atoms with Crippen molar-refractivity contribution in [1.29, 1.82) is 0 Å². The Labute approximate surface area is 169 Å². The quantitative estimate of drug-likeness (QED) is 0.501. The van der Waals surface area contributed by atoms with Crippen molar-refractivity contribution in [3.8, 4) is 11.5 Å². The van der Waals surface area contributed by atoms with Gasteiger partial charge in [0, 0.05) is 0 Å². The number of hydrogen-bond acceptors (Lipinski definition) is 7.